The van der Waals surface area contributed by atoms with Crippen LogP contribution in [0.15, 0.2) is 36.5 Å². The molecule has 1 aromatic carbocycles. The highest BCUT2D eigenvalue weighted by Crippen LogP contribution is 2.19. The maximum Gasteiger partial charge on any atom is 0.279 e. The summed E-state index contributed by atoms with van der Waals surface area (Å²) in [6, 6.07) is 10.8. The molecule has 1 fully saturated rings. The van der Waals surface area contributed by atoms with Gasteiger partial charge in [-0.15, -0.1) is 0 Å². The van der Waals surface area contributed by atoms with E-state index in [2.05, 4.69) is 55.2 Å². The average molecular weight is 312 g/mol. The number of anilines is 1. The van der Waals surface area contributed by atoms with E-state index in [0.29, 0.717) is 12.6 Å². The Morgan fingerprint density at radius 1 is 1.30 bits per heavy atom. The topological polar surface area (TPSA) is 38.5 Å². The number of nitrogens with one attached hydrogen (secondary N) is 2. The van der Waals surface area contributed by atoms with Gasteiger partial charge in [0.25, 0.3) is 5.91 Å². The molecule has 0 saturated carbocycles. The fraction of sp³-hybridized carbons (Fsp3) is 0.421. The lowest BCUT2D eigenvalue weighted by atomic mass is 10.1. The second-order valence-electron chi connectivity index (χ2n) is 6.67. The summed E-state index contributed by atoms with van der Waals surface area (Å²) in [5, 5.41) is 3.05. The quantitative estimate of drug-likeness (QED) is 0.890. The first kappa shape index (κ1) is 15.8. The van der Waals surface area contributed by atoms with Gasteiger partial charge in [0, 0.05) is 31.8 Å². The number of nitrogens with zero attached hydrogens (tertiary/aromatic N) is 1. The molecule has 2 aromatic rings. The predicted octanol–water partition coefficient (Wildman–Crippen LogP) is 2.00. The Hall–Kier alpha value is -2.07. The van der Waals surface area contributed by atoms with E-state index in [4.69, 9.17) is 0 Å². The molecule has 122 valence electrons. The van der Waals surface area contributed by atoms with Gasteiger partial charge in [-0.05, 0) is 49.2 Å². The van der Waals surface area contributed by atoms with Gasteiger partial charge >= 0.3 is 0 Å². The number of carbonyl (C=O) groups is 1. The number of hydrogen-bond acceptors (Lipinski definition) is 1. The first-order chi connectivity index (χ1) is 11.0. The average Bonchev–Trinajstić information content (AvgIpc) is 3.11. The Labute approximate surface area is 138 Å². The second-order valence-corrected chi connectivity index (χ2v) is 6.67. The van der Waals surface area contributed by atoms with Crippen molar-refractivity contribution < 1.29 is 9.69 Å². The molecule has 3 rings (SSSR count). The van der Waals surface area contributed by atoms with Gasteiger partial charge in [0.05, 0.1) is 12.2 Å². The van der Waals surface area contributed by atoms with Crippen LogP contribution in [0.25, 0.3) is 0 Å². The van der Waals surface area contributed by atoms with Crippen LogP contribution >= 0.6 is 0 Å². The third kappa shape index (κ3) is 3.48. The molecule has 0 aliphatic carbocycles. The highest BCUT2D eigenvalue weighted by molar-refractivity contribution is 5.91. The largest absolute Gasteiger partial charge is 0.350 e. The van der Waals surface area contributed by atoms with E-state index < -0.39 is 0 Å². The summed E-state index contributed by atoms with van der Waals surface area (Å²) in [5.41, 5.74) is 4.68. The molecule has 4 heteroatoms. The van der Waals surface area contributed by atoms with E-state index in [-0.39, 0.29) is 5.91 Å². The lowest BCUT2D eigenvalue weighted by molar-refractivity contribution is -0.910. The molecule has 0 spiro atoms. The standard InChI is InChI=1S/C19H25N3O/c1-14-8-9-16(12-15(14)2)20-19(23)13-22-11-5-7-18(22)17-6-4-10-21(17)3/h4,6,8-10,12,18H,5,7,11,13H2,1-3H3,(H,20,23)/p+1/t18-/m0/s1. The molecular formula is C19H26N3O+. The van der Waals surface area contributed by atoms with Crippen LogP contribution in [0.2, 0.25) is 0 Å². The Balaban J connectivity index is 1.65. The molecule has 2 heterocycles. The molecule has 1 amide bonds. The van der Waals surface area contributed by atoms with Crippen LogP contribution in [0.5, 0.6) is 0 Å². The zero-order valence-corrected chi connectivity index (χ0v) is 14.2. The molecule has 2 N–H and O–H groups in total. The van der Waals surface area contributed by atoms with Crippen molar-refractivity contribution in [3.8, 4) is 0 Å². The number of aryl methyl sites for hydroxylation is 3. The van der Waals surface area contributed by atoms with Gasteiger partial charge in [-0.3, -0.25) is 4.79 Å². The van der Waals surface area contributed by atoms with Crippen LogP contribution < -0.4 is 10.2 Å². The first-order valence-corrected chi connectivity index (χ1v) is 8.37. The number of rotatable bonds is 4. The number of hydrogen-bond donors (Lipinski definition) is 2. The number of quaternary nitrogens is 1. The van der Waals surface area contributed by atoms with Crippen LogP contribution in [0.1, 0.15) is 35.7 Å². The van der Waals surface area contributed by atoms with Gasteiger partial charge in [0.2, 0.25) is 0 Å². The van der Waals surface area contributed by atoms with Crippen LogP contribution in [-0.4, -0.2) is 23.6 Å². The molecule has 0 bridgehead atoms. The predicted molar refractivity (Wildman–Crippen MR) is 92.6 cm³/mol. The third-order valence-electron chi connectivity index (χ3n) is 5.00. The number of benzene rings is 1. The lowest BCUT2D eigenvalue weighted by Crippen LogP contribution is -3.11. The molecular weight excluding hydrogens is 286 g/mol. The van der Waals surface area contributed by atoms with E-state index in [1.807, 2.05) is 12.1 Å². The Kier molecular flexibility index (Phi) is 4.53. The van der Waals surface area contributed by atoms with E-state index in [0.717, 1.165) is 18.7 Å². The molecule has 2 atom stereocenters. The van der Waals surface area contributed by atoms with Gasteiger partial charge in [-0.1, -0.05) is 6.07 Å². The minimum Gasteiger partial charge on any atom is -0.350 e. The summed E-state index contributed by atoms with van der Waals surface area (Å²) < 4.78 is 2.18. The van der Waals surface area contributed by atoms with E-state index in [1.54, 1.807) is 0 Å². The molecule has 1 aliphatic rings. The van der Waals surface area contributed by atoms with Crippen molar-refractivity contribution in [2.75, 3.05) is 18.4 Å². The van der Waals surface area contributed by atoms with Gasteiger partial charge in [-0.25, -0.2) is 0 Å². The number of carbonyl (C=O) groups excluding carboxylic acids is 1. The maximum atomic E-state index is 12.4. The highest BCUT2D eigenvalue weighted by atomic mass is 16.2. The van der Waals surface area contributed by atoms with E-state index >= 15 is 0 Å². The zero-order chi connectivity index (χ0) is 16.4. The van der Waals surface area contributed by atoms with E-state index in [9.17, 15) is 4.79 Å². The van der Waals surface area contributed by atoms with E-state index in [1.165, 1.54) is 28.1 Å². The van der Waals surface area contributed by atoms with Crippen molar-refractivity contribution in [1.29, 1.82) is 0 Å². The smallest absolute Gasteiger partial charge is 0.279 e. The Morgan fingerprint density at radius 3 is 2.83 bits per heavy atom. The second kappa shape index (κ2) is 6.59. The number of aromatic nitrogens is 1. The Bertz CT molecular complexity index is 704. The summed E-state index contributed by atoms with van der Waals surface area (Å²) in [4.78, 5) is 13.8. The molecule has 0 radical (unpaired) electrons. The van der Waals surface area contributed by atoms with Crippen LogP contribution in [0, 0.1) is 13.8 Å². The van der Waals surface area contributed by atoms with Crippen molar-refractivity contribution in [3.05, 3.63) is 53.3 Å². The molecule has 4 nitrogen and oxygen atoms in total. The molecule has 1 saturated heterocycles. The van der Waals surface area contributed by atoms with Crippen molar-refractivity contribution in [2.24, 2.45) is 7.05 Å². The summed E-state index contributed by atoms with van der Waals surface area (Å²) in [6.07, 6.45) is 4.42. The maximum absolute atomic E-state index is 12.4. The van der Waals surface area contributed by atoms with Crippen molar-refractivity contribution >= 4 is 11.6 Å². The summed E-state index contributed by atoms with van der Waals surface area (Å²) in [5.74, 6) is 0.101. The van der Waals surface area contributed by atoms with Gasteiger partial charge < -0.3 is 14.8 Å². The molecule has 1 aromatic heterocycles. The molecule has 23 heavy (non-hydrogen) atoms. The minimum absolute atomic E-state index is 0.101. The monoisotopic (exact) mass is 312 g/mol. The summed E-state index contributed by atoms with van der Waals surface area (Å²) in [7, 11) is 2.08. The summed E-state index contributed by atoms with van der Waals surface area (Å²) >= 11 is 0. The van der Waals surface area contributed by atoms with Crippen molar-refractivity contribution in [3.63, 3.8) is 0 Å². The number of likely N-dealkylation sites (tertiary alicyclic amines) is 1. The van der Waals surface area contributed by atoms with Gasteiger partial charge in [0.15, 0.2) is 6.54 Å². The van der Waals surface area contributed by atoms with Crippen molar-refractivity contribution in [1.82, 2.24) is 4.57 Å². The third-order valence-corrected chi connectivity index (χ3v) is 5.00. The number of amides is 1. The van der Waals surface area contributed by atoms with Crippen LogP contribution in [0.4, 0.5) is 5.69 Å². The first-order valence-electron chi connectivity index (χ1n) is 8.37. The SMILES string of the molecule is Cc1ccc(NC(=O)C[NH+]2CCC[C@H]2c2cccn2C)cc1C. The van der Waals surface area contributed by atoms with Crippen LogP contribution in [0.3, 0.4) is 0 Å². The highest BCUT2D eigenvalue weighted by Gasteiger charge is 2.32. The zero-order valence-electron chi connectivity index (χ0n) is 14.2. The summed E-state index contributed by atoms with van der Waals surface area (Å²) in [6.45, 7) is 5.75. The Morgan fingerprint density at radius 2 is 2.13 bits per heavy atom. The lowest BCUT2D eigenvalue weighted by Gasteiger charge is -2.21. The van der Waals surface area contributed by atoms with Gasteiger partial charge in [0.1, 0.15) is 6.04 Å². The van der Waals surface area contributed by atoms with Crippen LogP contribution in [-0.2, 0) is 11.8 Å². The normalized spacial score (nSPS) is 20.7. The van der Waals surface area contributed by atoms with Gasteiger partial charge in [-0.2, -0.15) is 0 Å². The molecule has 1 aliphatic heterocycles. The fourth-order valence-electron chi connectivity index (χ4n) is 3.55. The molecule has 1 unspecified atom stereocenters. The fourth-order valence-corrected chi connectivity index (χ4v) is 3.55. The minimum atomic E-state index is 0.101. The van der Waals surface area contributed by atoms with Crippen molar-refractivity contribution in [2.45, 2.75) is 32.7 Å².